The predicted molar refractivity (Wildman–Crippen MR) is 61.5 cm³/mol. The van der Waals surface area contributed by atoms with Crippen LogP contribution in [0.1, 0.15) is 5.56 Å². The van der Waals surface area contributed by atoms with E-state index in [1.165, 1.54) is 23.1 Å². The Kier molecular flexibility index (Phi) is 5.39. The van der Waals surface area contributed by atoms with Crippen LogP contribution in [0.4, 0.5) is 17.6 Å². The number of benzene rings is 1. The van der Waals surface area contributed by atoms with Gasteiger partial charge in [0.25, 0.3) is 0 Å². The van der Waals surface area contributed by atoms with Gasteiger partial charge in [-0.2, -0.15) is 13.2 Å². The third kappa shape index (κ3) is 6.02. The molecule has 1 nitrogen and oxygen atoms in total. The number of halogens is 5. The van der Waals surface area contributed by atoms with Crippen molar-refractivity contribution in [1.82, 2.24) is 4.90 Å². The molecule has 0 heterocycles. The molecular weight excluding hydrogens is 302 g/mol. The second-order valence-corrected chi connectivity index (χ2v) is 4.44. The van der Waals surface area contributed by atoms with Crippen molar-refractivity contribution in [1.29, 1.82) is 0 Å². The maximum atomic E-state index is 12.9. The van der Waals surface area contributed by atoms with Crippen LogP contribution < -0.4 is 0 Å². The van der Waals surface area contributed by atoms with Crippen molar-refractivity contribution in [3.8, 4) is 0 Å². The van der Waals surface area contributed by atoms with Gasteiger partial charge in [-0.3, -0.25) is 4.90 Å². The van der Waals surface area contributed by atoms with Crippen molar-refractivity contribution in [3.63, 3.8) is 0 Å². The normalized spacial score (nSPS) is 12.1. The van der Waals surface area contributed by atoms with Crippen LogP contribution in [0.3, 0.4) is 0 Å². The maximum Gasteiger partial charge on any atom is 0.401 e. The molecular formula is C11H12BrF4N. The lowest BCUT2D eigenvalue weighted by atomic mass is 10.2. The molecule has 96 valence electrons. The van der Waals surface area contributed by atoms with Crippen LogP contribution >= 0.6 is 15.9 Å². The Bertz CT molecular complexity index is 354. The van der Waals surface area contributed by atoms with Crippen LogP contribution in [-0.2, 0) is 6.54 Å². The smallest absolute Gasteiger partial charge is 0.290 e. The Morgan fingerprint density at radius 2 is 1.94 bits per heavy atom. The van der Waals surface area contributed by atoms with E-state index in [2.05, 4.69) is 15.9 Å². The van der Waals surface area contributed by atoms with E-state index in [1.807, 2.05) is 0 Å². The summed E-state index contributed by atoms with van der Waals surface area (Å²) in [6, 6.07) is 5.62. The molecule has 0 aliphatic carbocycles. The molecule has 0 aliphatic heterocycles. The van der Waals surface area contributed by atoms with Crippen molar-refractivity contribution in [3.05, 3.63) is 35.6 Å². The number of hydrogen-bond acceptors (Lipinski definition) is 1. The van der Waals surface area contributed by atoms with Gasteiger partial charge < -0.3 is 0 Å². The van der Waals surface area contributed by atoms with Gasteiger partial charge in [-0.05, 0) is 17.7 Å². The van der Waals surface area contributed by atoms with E-state index in [0.29, 0.717) is 10.9 Å². The summed E-state index contributed by atoms with van der Waals surface area (Å²) in [5.41, 5.74) is 0.537. The third-order valence-electron chi connectivity index (χ3n) is 2.10. The zero-order valence-electron chi connectivity index (χ0n) is 8.97. The molecule has 0 atom stereocenters. The minimum Gasteiger partial charge on any atom is -0.290 e. The fourth-order valence-corrected chi connectivity index (χ4v) is 1.98. The third-order valence-corrected chi connectivity index (χ3v) is 2.45. The average molecular weight is 314 g/mol. The molecule has 0 unspecified atom stereocenters. The highest BCUT2D eigenvalue weighted by Gasteiger charge is 2.30. The quantitative estimate of drug-likeness (QED) is 0.593. The Balaban J connectivity index is 2.66. The number of alkyl halides is 4. The fraction of sp³-hybridized carbons (Fsp3) is 0.455. The minimum absolute atomic E-state index is 0.0862. The van der Waals surface area contributed by atoms with Gasteiger partial charge in [0.15, 0.2) is 0 Å². The highest BCUT2D eigenvalue weighted by molar-refractivity contribution is 9.09. The van der Waals surface area contributed by atoms with Gasteiger partial charge >= 0.3 is 6.18 Å². The van der Waals surface area contributed by atoms with Gasteiger partial charge in [-0.1, -0.05) is 28.1 Å². The minimum atomic E-state index is -4.24. The molecule has 0 aromatic heterocycles. The molecule has 0 bridgehead atoms. The van der Waals surface area contributed by atoms with Crippen molar-refractivity contribution in [2.75, 3.05) is 18.4 Å². The first-order valence-corrected chi connectivity index (χ1v) is 6.12. The largest absolute Gasteiger partial charge is 0.401 e. The van der Waals surface area contributed by atoms with E-state index in [1.54, 1.807) is 6.07 Å². The predicted octanol–water partition coefficient (Wildman–Crippen LogP) is 3.58. The van der Waals surface area contributed by atoms with E-state index < -0.39 is 18.5 Å². The summed E-state index contributed by atoms with van der Waals surface area (Å²) in [5, 5.41) is 0.443. The molecule has 1 rings (SSSR count). The first-order valence-electron chi connectivity index (χ1n) is 5.00. The molecule has 0 saturated carbocycles. The summed E-state index contributed by atoms with van der Waals surface area (Å²) < 4.78 is 49.7. The van der Waals surface area contributed by atoms with Gasteiger partial charge in [0.05, 0.1) is 6.54 Å². The summed E-state index contributed by atoms with van der Waals surface area (Å²) in [5.74, 6) is -0.437. The van der Waals surface area contributed by atoms with Gasteiger partial charge in [0.2, 0.25) is 0 Å². The Morgan fingerprint density at radius 3 is 2.47 bits per heavy atom. The molecule has 0 spiro atoms. The Labute approximate surface area is 106 Å². The van der Waals surface area contributed by atoms with E-state index in [4.69, 9.17) is 0 Å². The van der Waals surface area contributed by atoms with E-state index in [-0.39, 0.29) is 13.1 Å². The molecule has 1 aromatic rings. The van der Waals surface area contributed by atoms with E-state index >= 15 is 0 Å². The highest BCUT2D eigenvalue weighted by Crippen LogP contribution is 2.18. The lowest BCUT2D eigenvalue weighted by Gasteiger charge is -2.22. The van der Waals surface area contributed by atoms with Crippen LogP contribution in [0.5, 0.6) is 0 Å². The number of rotatable bonds is 5. The molecule has 0 saturated heterocycles. The lowest BCUT2D eigenvalue weighted by molar-refractivity contribution is -0.146. The molecule has 0 amide bonds. The second kappa shape index (κ2) is 6.35. The summed E-state index contributed by atoms with van der Waals surface area (Å²) in [6.07, 6.45) is -4.24. The molecule has 1 aromatic carbocycles. The van der Waals surface area contributed by atoms with Gasteiger partial charge in [-0.15, -0.1) is 0 Å². The number of hydrogen-bond donors (Lipinski definition) is 0. The standard InChI is InChI=1S/C11H12BrF4N/c12-4-5-17(8-11(14,15)16)7-9-2-1-3-10(13)6-9/h1-3,6H,4-5,7-8H2. The van der Waals surface area contributed by atoms with Gasteiger partial charge in [-0.25, -0.2) is 4.39 Å². The summed E-state index contributed by atoms with van der Waals surface area (Å²) >= 11 is 3.10. The molecule has 0 radical (unpaired) electrons. The second-order valence-electron chi connectivity index (χ2n) is 3.64. The van der Waals surface area contributed by atoms with Crippen molar-refractivity contribution < 1.29 is 17.6 Å². The van der Waals surface area contributed by atoms with Crippen LogP contribution in [0, 0.1) is 5.82 Å². The molecule has 17 heavy (non-hydrogen) atoms. The lowest BCUT2D eigenvalue weighted by Crippen LogP contribution is -2.35. The fourth-order valence-electron chi connectivity index (χ4n) is 1.48. The Morgan fingerprint density at radius 1 is 1.24 bits per heavy atom. The van der Waals surface area contributed by atoms with E-state index in [0.717, 1.165) is 0 Å². The van der Waals surface area contributed by atoms with Crippen molar-refractivity contribution >= 4 is 15.9 Å². The van der Waals surface area contributed by atoms with Gasteiger partial charge in [0, 0.05) is 18.4 Å². The monoisotopic (exact) mass is 313 g/mol. The highest BCUT2D eigenvalue weighted by atomic mass is 79.9. The van der Waals surface area contributed by atoms with Crippen LogP contribution in [0.2, 0.25) is 0 Å². The molecule has 0 fully saturated rings. The summed E-state index contributed by atoms with van der Waals surface area (Å²) in [6.45, 7) is -0.645. The van der Waals surface area contributed by atoms with Crippen molar-refractivity contribution in [2.24, 2.45) is 0 Å². The van der Waals surface area contributed by atoms with Crippen LogP contribution in [-0.4, -0.2) is 29.5 Å². The first kappa shape index (κ1) is 14.4. The zero-order chi connectivity index (χ0) is 12.9. The topological polar surface area (TPSA) is 3.24 Å². The molecule has 0 aliphatic rings. The molecule has 6 heteroatoms. The van der Waals surface area contributed by atoms with Gasteiger partial charge in [0.1, 0.15) is 5.82 Å². The van der Waals surface area contributed by atoms with Crippen LogP contribution in [0.15, 0.2) is 24.3 Å². The van der Waals surface area contributed by atoms with Crippen LogP contribution in [0.25, 0.3) is 0 Å². The SMILES string of the molecule is Fc1cccc(CN(CCBr)CC(F)(F)F)c1. The number of nitrogens with zero attached hydrogens (tertiary/aromatic N) is 1. The summed E-state index contributed by atoms with van der Waals surface area (Å²) in [7, 11) is 0. The average Bonchev–Trinajstić information content (AvgIpc) is 2.15. The zero-order valence-corrected chi connectivity index (χ0v) is 10.6. The summed E-state index contributed by atoms with van der Waals surface area (Å²) in [4.78, 5) is 1.23. The molecule has 0 N–H and O–H groups in total. The van der Waals surface area contributed by atoms with E-state index in [9.17, 15) is 17.6 Å². The maximum absolute atomic E-state index is 12.9. The first-order chi connectivity index (χ1) is 7.90. The Hall–Kier alpha value is -0.620. The van der Waals surface area contributed by atoms with Crippen molar-refractivity contribution in [2.45, 2.75) is 12.7 Å².